The van der Waals surface area contributed by atoms with E-state index >= 15 is 0 Å². The van der Waals surface area contributed by atoms with Gasteiger partial charge in [-0.2, -0.15) is 4.72 Å². The van der Waals surface area contributed by atoms with Gasteiger partial charge in [0.05, 0.1) is 4.90 Å². The maximum Gasteiger partial charge on any atom is 0.321 e. The highest BCUT2D eigenvalue weighted by Gasteiger charge is 2.26. The van der Waals surface area contributed by atoms with Crippen LogP contribution in [0.5, 0.6) is 0 Å². The molecule has 0 aliphatic carbocycles. The monoisotopic (exact) mass is 488 g/mol. The molecule has 4 aromatic rings. The summed E-state index contributed by atoms with van der Waals surface area (Å²) >= 11 is 0. The molecule has 0 spiro atoms. The van der Waals surface area contributed by atoms with Crippen molar-refractivity contribution in [3.05, 3.63) is 97.1 Å². The van der Waals surface area contributed by atoms with Crippen LogP contribution in [-0.4, -0.2) is 31.4 Å². The zero-order valence-electron chi connectivity index (χ0n) is 18.7. The molecule has 0 heterocycles. The molecule has 0 aliphatic rings. The molecule has 1 atom stereocenters. The number of hydrogen-bond acceptors (Lipinski definition) is 4. The van der Waals surface area contributed by atoms with Crippen molar-refractivity contribution in [2.75, 3.05) is 5.32 Å². The lowest BCUT2D eigenvalue weighted by Crippen LogP contribution is -2.41. The highest BCUT2D eigenvalue weighted by Crippen LogP contribution is 2.24. The number of carboxylic acid groups (broad SMARTS) is 1. The van der Waals surface area contributed by atoms with E-state index in [0.29, 0.717) is 5.69 Å². The summed E-state index contributed by atoms with van der Waals surface area (Å²) < 4.78 is 27.8. The van der Waals surface area contributed by atoms with Gasteiger partial charge in [0.25, 0.3) is 0 Å². The summed E-state index contributed by atoms with van der Waals surface area (Å²) in [6.07, 6.45) is -0.372. The number of rotatable bonds is 9. The number of benzene rings is 4. The average molecular weight is 489 g/mol. The Kier molecular flexibility index (Phi) is 7.24. The first-order chi connectivity index (χ1) is 16.8. The molecule has 0 radical (unpaired) electrons. The molecule has 4 rings (SSSR count). The van der Waals surface area contributed by atoms with Crippen molar-refractivity contribution in [2.45, 2.75) is 23.8 Å². The molecule has 8 heteroatoms. The fourth-order valence-electron chi connectivity index (χ4n) is 3.77. The lowest BCUT2D eigenvalue weighted by molar-refractivity contribution is -0.139. The quantitative estimate of drug-likeness (QED) is 0.317. The minimum atomic E-state index is -4.10. The number of sulfonamides is 1. The molecule has 0 bridgehead atoms. The molecule has 35 heavy (non-hydrogen) atoms. The van der Waals surface area contributed by atoms with Crippen LogP contribution in [0.2, 0.25) is 0 Å². The predicted octanol–water partition coefficient (Wildman–Crippen LogP) is 4.66. The number of carboxylic acids is 1. The Morgan fingerprint density at radius 2 is 1.40 bits per heavy atom. The van der Waals surface area contributed by atoms with Gasteiger partial charge in [-0.15, -0.1) is 0 Å². The number of aliphatic carboxylic acids is 1. The Morgan fingerprint density at radius 3 is 2.11 bits per heavy atom. The number of nitrogens with one attached hydrogen (secondary N) is 2. The summed E-state index contributed by atoms with van der Waals surface area (Å²) in [6, 6.07) is 27.3. The normalized spacial score (nSPS) is 12.2. The second kappa shape index (κ2) is 10.5. The fraction of sp³-hybridized carbons (Fsp3) is 0.111. The highest BCUT2D eigenvalue weighted by atomic mass is 32.2. The van der Waals surface area contributed by atoms with Crippen LogP contribution in [0, 0.1) is 0 Å². The van der Waals surface area contributed by atoms with E-state index < -0.39 is 27.9 Å². The van der Waals surface area contributed by atoms with Crippen molar-refractivity contribution in [1.29, 1.82) is 0 Å². The largest absolute Gasteiger partial charge is 0.480 e. The Balaban J connectivity index is 1.41. The van der Waals surface area contributed by atoms with Crippen LogP contribution in [0.4, 0.5) is 5.69 Å². The molecule has 0 unspecified atom stereocenters. The first-order valence-corrected chi connectivity index (χ1v) is 12.5. The number of fused-ring (bicyclic) bond motifs is 1. The molecular weight excluding hydrogens is 464 g/mol. The van der Waals surface area contributed by atoms with Gasteiger partial charge in [0.1, 0.15) is 6.04 Å². The Morgan fingerprint density at radius 1 is 0.771 bits per heavy atom. The van der Waals surface area contributed by atoms with Crippen molar-refractivity contribution < 1.29 is 23.1 Å². The van der Waals surface area contributed by atoms with E-state index in [1.165, 1.54) is 12.1 Å². The molecule has 178 valence electrons. The summed E-state index contributed by atoms with van der Waals surface area (Å²) in [4.78, 5) is 24.2. The van der Waals surface area contributed by atoms with Gasteiger partial charge < -0.3 is 10.4 Å². The van der Waals surface area contributed by atoms with Gasteiger partial charge in [0.2, 0.25) is 15.9 Å². The van der Waals surface area contributed by atoms with E-state index in [1.54, 1.807) is 18.2 Å². The van der Waals surface area contributed by atoms with Crippen LogP contribution >= 0.6 is 0 Å². The Labute approximate surface area is 203 Å². The van der Waals surface area contributed by atoms with Gasteiger partial charge >= 0.3 is 5.97 Å². The Hall–Kier alpha value is -4.01. The van der Waals surface area contributed by atoms with E-state index in [1.807, 2.05) is 66.7 Å². The topological polar surface area (TPSA) is 113 Å². The van der Waals surface area contributed by atoms with Crippen molar-refractivity contribution in [3.8, 4) is 11.1 Å². The Bertz CT molecular complexity index is 1450. The van der Waals surface area contributed by atoms with Gasteiger partial charge in [-0.3, -0.25) is 9.59 Å². The summed E-state index contributed by atoms with van der Waals surface area (Å²) in [5, 5.41) is 14.2. The number of amides is 1. The molecule has 7 nitrogen and oxygen atoms in total. The molecule has 1 amide bonds. The average Bonchev–Trinajstić information content (AvgIpc) is 2.87. The predicted molar refractivity (Wildman–Crippen MR) is 135 cm³/mol. The second-order valence-corrected chi connectivity index (χ2v) is 9.73. The summed E-state index contributed by atoms with van der Waals surface area (Å²) in [7, 11) is -4.10. The maximum atomic E-state index is 12.8. The van der Waals surface area contributed by atoms with E-state index in [4.69, 9.17) is 0 Å². The first kappa shape index (κ1) is 24.1. The van der Waals surface area contributed by atoms with Crippen LogP contribution in [0.25, 0.3) is 21.9 Å². The SMILES string of the molecule is O=C(CC[C@H](NS(=O)(=O)c1ccc(-c2ccccc2)cc1)C(=O)O)Nc1cccc2ccccc12. The highest BCUT2D eigenvalue weighted by molar-refractivity contribution is 7.89. The van der Waals surface area contributed by atoms with Gasteiger partial charge in [-0.25, -0.2) is 8.42 Å². The van der Waals surface area contributed by atoms with Crippen molar-refractivity contribution in [2.24, 2.45) is 0 Å². The molecule has 0 fully saturated rings. The van der Waals surface area contributed by atoms with Crippen LogP contribution in [0.1, 0.15) is 12.8 Å². The molecule has 0 saturated heterocycles. The molecular formula is C27H24N2O5S. The molecule has 0 saturated carbocycles. The van der Waals surface area contributed by atoms with Crippen molar-refractivity contribution >= 4 is 38.4 Å². The minimum absolute atomic E-state index is 0.0522. The standard InChI is InChI=1S/C27H24N2O5S/c30-26(28-24-12-6-10-21-9-4-5-11-23(21)24)18-17-25(27(31)32)29-35(33,34)22-15-13-20(14-16-22)19-7-2-1-3-8-19/h1-16,25,29H,17-18H2,(H,28,30)(H,31,32)/t25-/m0/s1. The molecule has 4 aromatic carbocycles. The molecule has 0 aliphatic heterocycles. The summed E-state index contributed by atoms with van der Waals surface area (Å²) in [5.41, 5.74) is 2.38. The number of carbonyl (C=O) groups excluding carboxylic acids is 1. The van der Waals surface area contributed by atoms with Crippen molar-refractivity contribution in [1.82, 2.24) is 4.72 Å². The van der Waals surface area contributed by atoms with Crippen LogP contribution in [0.3, 0.4) is 0 Å². The third-order valence-corrected chi connectivity index (χ3v) is 7.08. The van der Waals surface area contributed by atoms with E-state index in [2.05, 4.69) is 10.0 Å². The smallest absolute Gasteiger partial charge is 0.321 e. The molecule has 0 aromatic heterocycles. The number of anilines is 1. The third kappa shape index (κ3) is 5.92. The second-order valence-electron chi connectivity index (χ2n) is 8.02. The molecule has 3 N–H and O–H groups in total. The van der Waals surface area contributed by atoms with E-state index in [-0.39, 0.29) is 17.7 Å². The zero-order valence-corrected chi connectivity index (χ0v) is 19.5. The summed E-state index contributed by atoms with van der Waals surface area (Å²) in [6.45, 7) is 0. The van der Waals surface area contributed by atoms with Crippen LogP contribution in [0.15, 0.2) is 102 Å². The van der Waals surface area contributed by atoms with Gasteiger partial charge in [0.15, 0.2) is 0 Å². The first-order valence-electron chi connectivity index (χ1n) is 11.0. The zero-order chi connectivity index (χ0) is 24.8. The third-order valence-electron chi connectivity index (χ3n) is 5.59. The number of carbonyl (C=O) groups is 2. The fourth-order valence-corrected chi connectivity index (χ4v) is 4.99. The van der Waals surface area contributed by atoms with E-state index in [0.717, 1.165) is 21.9 Å². The van der Waals surface area contributed by atoms with Crippen LogP contribution < -0.4 is 10.0 Å². The van der Waals surface area contributed by atoms with Gasteiger partial charge in [-0.1, -0.05) is 78.9 Å². The van der Waals surface area contributed by atoms with Crippen LogP contribution in [-0.2, 0) is 19.6 Å². The van der Waals surface area contributed by atoms with E-state index in [9.17, 15) is 23.1 Å². The van der Waals surface area contributed by atoms with Gasteiger partial charge in [0, 0.05) is 17.5 Å². The van der Waals surface area contributed by atoms with Gasteiger partial charge in [-0.05, 0) is 41.1 Å². The van der Waals surface area contributed by atoms with Crippen molar-refractivity contribution in [3.63, 3.8) is 0 Å². The lowest BCUT2D eigenvalue weighted by Gasteiger charge is -2.15. The summed E-state index contributed by atoms with van der Waals surface area (Å²) in [5.74, 6) is -1.76. The number of hydrogen-bond donors (Lipinski definition) is 3. The minimum Gasteiger partial charge on any atom is -0.480 e. The maximum absolute atomic E-state index is 12.8. The lowest BCUT2D eigenvalue weighted by atomic mass is 10.1.